The van der Waals surface area contributed by atoms with E-state index >= 15 is 0 Å². The van der Waals surface area contributed by atoms with Crippen LogP contribution >= 0.6 is 0 Å². The summed E-state index contributed by atoms with van der Waals surface area (Å²) in [7, 11) is 1.62. The standard InChI is InChI=1S/C9H18O3/c1-6-8(11-5)9(3,4)12-7(2)10/h8H,6H2,1-5H3. The van der Waals surface area contributed by atoms with Gasteiger partial charge in [-0.15, -0.1) is 0 Å². The zero-order valence-corrected chi connectivity index (χ0v) is 8.51. The largest absolute Gasteiger partial charge is 0.457 e. The van der Waals surface area contributed by atoms with Gasteiger partial charge in [0.25, 0.3) is 0 Å². The van der Waals surface area contributed by atoms with E-state index in [0.717, 1.165) is 6.42 Å². The number of carbonyl (C=O) groups is 1. The van der Waals surface area contributed by atoms with Crippen LogP contribution in [-0.4, -0.2) is 24.8 Å². The van der Waals surface area contributed by atoms with Gasteiger partial charge >= 0.3 is 5.97 Å². The van der Waals surface area contributed by atoms with Gasteiger partial charge in [0.05, 0.1) is 6.10 Å². The van der Waals surface area contributed by atoms with Crippen LogP contribution in [0.1, 0.15) is 34.1 Å². The molecule has 3 nitrogen and oxygen atoms in total. The molecule has 0 bridgehead atoms. The maximum absolute atomic E-state index is 10.7. The molecule has 1 unspecified atom stereocenters. The average Bonchev–Trinajstić information content (AvgIpc) is 1.85. The molecule has 12 heavy (non-hydrogen) atoms. The first-order valence-electron chi connectivity index (χ1n) is 4.16. The molecule has 0 N–H and O–H groups in total. The summed E-state index contributed by atoms with van der Waals surface area (Å²) >= 11 is 0. The Morgan fingerprint density at radius 1 is 1.50 bits per heavy atom. The summed E-state index contributed by atoms with van der Waals surface area (Å²) < 4.78 is 10.3. The Labute approximate surface area is 74.0 Å². The highest BCUT2D eigenvalue weighted by molar-refractivity contribution is 5.66. The van der Waals surface area contributed by atoms with Crippen molar-refractivity contribution < 1.29 is 14.3 Å². The quantitative estimate of drug-likeness (QED) is 0.609. The second kappa shape index (κ2) is 4.45. The molecule has 0 aromatic heterocycles. The van der Waals surface area contributed by atoms with Gasteiger partial charge in [-0.05, 0) is 20.3 Å². The van der Waals surface area contributed by atoms with Crippen molar-refractivity contribution in [3.63, 3.8) is 0 Å². The number of methoxy groups -OCH3 is 1. The van der Waals surface area contributed by atoms with E-state index in [-0.39, 0.29) is 12.1 Å². The highest BCUT2D eigenvalue weighted by Gasteiger charge is 2.31. The van der Waals surface area contributed by atoms with Crippen LogP contribution in [0.25, 0.3) is 0 Å². The fourth-order valence-electron chi connectivity index (χ4n) is 1.38. The van der Waals surface area contributed by atoms with E-state index in [2.05, 4.69) is 0 Å². The Bertz CT molecular complexity index is 148. The Kier molecular flexibility index (Phi) is 4.24. The van der Waals surface area contributed by atoms with Crippen molar-refractivity contribution in [2.75, 3.05) is 7.11 Å². The third-order valence-corrected chi connectivity index (χ3v) is 1.84. The first-order valence-corrected chi connectivity index (χ1v) is 4.16. The lowest BCUT2D eigenvalue weighted by Gasteiger charge is -2.31. The third-order valence-electron chi connectivity index (χ3n) is 1.84. The summed E-state index contributed by atoms with van der Waals surface area (Å²) in [4.78, 5) is 10.7. The maximum atomic E-state index is 10.7. The molecule has 0 spiro atoms. The van der Waals surface area contributed by atoms with Crippen LogP contribution in [0.15, 0.2) is 0 Å². The second-order valence-corrected chi connectivity index (χ2v) is 3.33. The van der Waals surface area contributed by atoms with Crippen LogP contribution in [0.4, 0.5) is 0 Å². The van der Waals surface area contributed by atoms with Crippen molar-refractivity contribution in [2.24, 2.45) is 0 Å². The number of ether oxygens (including phenoxy) is 2. The van der Waals surface area contributed by atoms with Gasteiger partial charge in [-0.3, -0.25) is 4.79 Å². The predicted molar refractivity (Wildman–Crippen MR) is 46.9 cm³/mol. The zero-order chi connectivity index (χ0) is 9.78. The lowest BCUT2D eigenvalue weighted by atomic mass is 9.99. The van der Waals surface area contributed by atoms with Gasteiger partial charge in [-0.2, -0.15) is 0 Å². The molecule has 0 heterocycles. The van der Waals surface area contributed by atoms with E-state index in [1.54, 1.807) is 7.11 Å². The average molecular weight is 174 g/mol. The van der Waals surface area contributed by atoms with Crippen molar-refractivity contribution in [3.05, 3.63) is 0 Å². The summed E-state index contributed by atoms with van der Waals surface area (Å²) in [6, 6.07) is 0. The Hall–Kier alpha value is -0.570. The van der Waals surface area contributed by atoms with Crippen LogP contribution in [0.2, 0.25) is 0 Å². The zero-order valence-electron chi connectivity index (χ0n) is 8.51. The number of hydrogen-bond donors (Lipinski definition) is 0. The molecule has 0 aliphatic rings. The van der Waals surface area contributed by atoms with Gasteiger partial charge < -0.3 is 9.47 Å². The van der Waals surface area contributed by atoms with E-state index in [9.17, 15) is 4.79 Å². The van der Waals surface area contributed by atoms with Gasteiger partial charge in [-0.25, -0.2) is 0 Å². The molecule has 0 saturated carbocycles. The van der Waals surface area contributed by atoms with Crippen molar-refractivity contribution in [1.82, 2.24) is 0 Å². The van der Waals surface area contributed by atoms with Gasteiger partial charge in [0, 0.05) is 14.0 Å². The number of esters is 1. The SMILES string of the molecule is CCC(OC)C(C)(C)OC(C)=O. The molecule has 72 valence electrons. The minimum absolute atomic E-state index is 0.0404. The van der Waals surface area contributed by atoms with E-state index < -0.39 is 5.60 Å². The summed E-state index contributed by atoms with van der Waals surface area (Å²) in [5, 5.41) is 0. The number of carbonyl (C=O) groups excluding carboxylic acids is 1. The molecule has 0 saturated heterocycles. The molecule has 0 radical (unpaired) electrons. The van der Waals surface area contributed by atoms with E-state index in [4.69, 9.17) is 9.47 Å². The topological polar surface area (TPSA) is 35.5 Å². The fourth-order valence-corrected chi connectivity index (χ4v) is 1.38. The number of hydrogen-bond acceptors (Lipinski definition) is 3. The van der Waals surface area contributed by atoms with Crippen LogP contribution in [0, 0.1) is 0 Å². The summed E-state index contributed by atoms with van der Waals surface area (Å²) in [6.45, 7) is 7.11. The van der Waals surface area contributed by atoms with Crippen molar-refractivity contribution in [1.29, 1.82) is 0 Å². The molecule has 0 aromatic rings. The van der Waals surface area contributed by atoms with Crippen molar-refractivity contribution >= 4 is 5.97 Å². The summed E-state index contributed by atoms with van der Waals surface area (Å²) in [5.74, 6) is -0.268. The Morgan fingerprint density at radius 3 is 2.25 bits per heavy atom. The molecule has 0 amide bonds. The monoisotopic (exact) mass is 174 g/mol. The lowest BCUT2D eigenvalue weighted by molar-refractivity contribution is -0.167. The van der Waals surface area contributed by atoms with Crippen LogP contribution < -0.4 is 0 Å². The maximum Gasteiger partial charge on any atom is 0.303 e. The second-order valence-electron chi connectivity index (χ2n) is 3.33. The number of rotatable bonds is 4. The van der Waals surface area contributed by atoms with Crippen molar-refractivity contribution in [3.8, 4) is 0 Å². The van der Waals surface area contributed by atoms with Gasteiger partial charge in [-0.1, -0.05) is 6.92 Å². The van der Waals surface area contributed by atoms with E-state index in [0.29, 0.717) is 0 Å². The third kappa shape index (κ3) is 3.22. The van der Waals surface area contributed by atoms with Crippen LogP contribution in [-0.2, 0) is 14.3 Å². The summed E-state index contributed by atoms with van der Waals surface area (Å²) in [6.07, 6.45) is 0.790. The smallest absolute Gasteiger partial charge is 0.303 e. The Balaban J connectivity index is 4.24. The first-order chi connectivity index (χ1) is 5.44. The molecule has 0 aromatic carbocycles. The highest BCUT2D eigenvalue weighted by atomic mass is 16.6. The van der Waals surface area contributed by atoms with Crippen LogP contribution in [0.3, 0.4) is 0 Å². The molecule has 0 fully saturated rings. The van der Waals surface area contributed by atoms with Crippen molar-refractivity contribution in [2.45, 2.75) is 45.8 Å². The van der Waals surface area contributed by atoms with E-state index in [1.165, 1.54) is 6.92 Å². The molecule has 0 aliphatic heterocycles. The molecule has 3 heteroatoms. The predicted octanol–water partition coefficient (Wildman–Crippen LogP) is 1.75. The highest BCUT2D eigenvalue weighted by Crippen LogP contribution is 2.20. The minimum atomic E-state index is -0.532. The molecular formula is C9H18O3. The molecule has 1 atom stereocenters. The van der Waals surface area contributed by atoms with E-state index in [1.807, 2.05) is 20.8 Å². The van der Waals surface area contributed by atoms with Gasteiger partial charge in [0.2, 0.25) is 0 Å². The van der Waals surface area contributed by atoms with Gasteiger partial charge in [0.15, 0.2) is 0 Å². The lowest BCUT2D eigenvalue weighted by Crippen LogP contribution is -2.41. The Morgan fingerprint density at radius 2 is 2.00 bits per heavy atom. The fraction of sp³-hybridized carbons (Fsp3) is 0.889. The summed E-state index contributed by atoms with van der Waals surface area (Å²) in [5.41, 5.74) is -0.532. The normalized spacial score (nSPS) is 14.1. The molecular weight excluding hydrogens is 156 g/mol. The minimum Gasteiger partial charge on any atom is -0.457 e. The van der Waals surface area contributed by atoms with Gasteiger partial charge in [0.1, 0.15) is 5.60 Å². The molecule has 0 aliphatic carbocycles. The van der Waals surface area contributed by atoms with Crippen LogP contribution in [0.5, 0.6) is 0 Å². The molecule has 0 rings (SSSR count). The first kappa shape index (κ1) is 11.4.